The van der Waals surface area contributed by atoms with E-state index in [0.29, 0.717) is 5.54 Å². The van der Waals surface area contributed by atoms with Crippen LogP contribution in [0.15, 0.2) is 84.9 Å². The Balaban J connectivity index is 2.08. The molecule has 0 saturated carbocycles. The average Bonchev–Trinajstić information content (AvgIpc) is 2.63. The van der Waals surface area contributed by atoms with Crippen LogP contribution in [0.5, 0.6) is 0 Å². The van der Waals surface area contributed by atoms with E-state index in [-0.39, 0.29) is 0 Å². The number of hydrogen-bond donors (Lipinski definition) is 0. The van der Waals surface area contributed by atoms with Crippen molar-refractivity contribution in [3.63, 3.8) is 0 Å². The molecule has 23 heavy (non-hydrogen) atoms. The van der Waals surface area contributed by atoms with E-state index in [1.807, 2.05) is 0 Å². The minimum absolute atomic E-state index is 0.580. The zero-order valence-electron chi connectivity index (χ0n) is 13.9. The molecule has 0 saturated heterocycles. The Kier molecular flexibility index (Phi) is 5.09. The lowest BCUT2D eigenvalue weighted by atomic mass is 10.0. The average molecular weight is 317 g/mol. The van der Waals surface area contributed by atoms with Crippen LogP contribution in [0.25, 0.3) is 0 Å². The molecule has 0 bridgehead atoms. The van der Waals surface area contributed by atoms with Gasteiger partial charge in [-0.25, -0.2) is 0 Å². The number of hydrogen-bond acceptors (Lipinski definition) is 0. The van der Waals surface area contributed by atoms with Crippen molar-refractivity contribution in [2.75, 3.05) is 0 Å². The zero-order valence-corrected chi connectivity index (χ0v) is 15.1. The van der Waals surface area contributed by atoms with Gasteiger partial charge >= 0.3 is 0 Å². The Bertz CT molecular complexity index is 695. The molecule has 0 aliphatic carbocycles. The summed E-state index contributed by atoms with van der Waals surface area (Å²) in [7, 11) is -1.31. The molecule has 3 aromatic carbocycles. The van der Waals surface area contributed by atoms with E-state index >= 15 is 0 Å². The summed E-state index contributed by atoms with van der Waals surface area (Å²) in [6, 6.07) is 31.2. The van der Waals surface area contributed by atoms with Gasteiger partial charge < -0.3 is 0 Å². The third-order valence-electron chi connectivity index (χ3n) is 4.74. The molecule has 0 radical (unpaired) electrons. The topological polar surface area (TPSA) is 0 Å². The second kappa shape index (κ2) is 7.43. The first kappa shape index (κ1) is 15.8. The summed E-state index contributed by atoms with van der Waals surface area (Å²) in [6.45, 7) is 4.68. The summed E-state index contributed by atoms with van der Waals surface area (Å²) in [4.78, 5) is 0. The van der Waals surface area contributed by atoms with Crippen molar-refractivity contribution in [3.8, 4) is 0 Å². The fourth-order valence-corrected chi connectivity index (χ4v) is 7.07. The van der Waals surface area contributed by atoms with Gasteiger partial charge in [0.25, 0.3) is 0 Å². The summed E-state index contributed by atoms with van der Waals surface area (Å²) in [6.07, 6.45) is 1.10. The largest absolute Gasteiger partial charge is 0.110 e. The molecular weight excluding hydrogens is 292 g/mol. The van der Waals surface area contributed by atoms with E-state index in [1.165, 1.54) is 21.5 Å². The summed E-state index contributed by atoms with van der Waals surface area (Å²) in [5.41, 5.74) is 3.60. The first-order valence-corrected chi connectivity index (χ1v) is 10.3. The molecule has 1 atom stereocenters. The molecule has 0 unspecified atom stereocenters. The van der Waals surface area contributed by atoms with Gasteiger partial charge in [-0.1, -0.05) is 109 Å². The van der Waals surface area contributed by atoms with E-state index in [0.717, 1.165) is 6.42 Å². The van der Waals surface area contributed by atoms with E-state index < -0.39 is 8.80 Å². The molecule has 0 N–H and O–H groups in total. The van der Waals surface area contributed by atoms with Crippen LogP contribution in [0.2, 0.25) is 0 Å². The normalized spacial score (nSPS) is 12.3. The minimum Gasteiger partial charge on any atom is -0.0629 e. The molecule has 116 valence electrons. The predicted octanol–water partition coefficient (Wildman–Crippen LogP) is 3.93. The monoisotopic (exact) mass is 316 g/mol. The van der Waals surface area contributed by atoms with Crippen LogP contribution in [-0.4, -0.2) is 8.80 Å². The molecular formula is C22H24Si. The fraction of sp³-hybridized carbons (Fsp3) is 0.182. The van der Waals surface area contributed by atoms with E-state index in [9.17, 15) is 0 Å². The molecule has 0 aliphatic rings. The summed E-state index contributed by atoms with van der Waals surface area (Å²) < 4.78 is 0. The van der Waals surface area contributed by atoms with Gasteiger partial charge in [0.05, 0.1) is 0 Å². The minimum atomic E-state index is -1.31. The summed E-state index contributed by atoms with van der Waals surface area (Å²) >= 11 is 0. The van der Waals surface area contributed by atoms with Crippen LogP contribution >= 0.6 is 0 Å². The molecule has 0 spiro atoms. The third-order valence-corrected chi connectivity index (χ3v) is 8.31. The maximum Gasteiger partial charge on any atom is 0.110 e. The Morgan fingerprint density at radius 2 is 1.17 bits per heavy atom. The van der Waals surface area contributed by atoms with Gasteiger partial charge in [0.15, 0.2) is 0 Å². The Labute approximate surface area is 141 Å². The van der Waals surface area contributed by atoms with Crippen LogP contribution in [0.4, 0.5) is 0 Å². The smallest absolute Gasteiger partial charge is 0.0629 e. The van der Waals surface area contributed by atoms with E-state index in [2.05, 4.69) is 98.8 Å². The van der Waals surface area contributed by atoms with E-state index in [1.54, 1.807) is 0 Å². The third kappa shape index (κ3) is 3.46. The van der Waals surface area contributed by atoms with Crippen LogP contribution in [0.3, 0.4) is 0 Å². The Hall–Kier alpha value is -2.12. The molecule has 0 heterocycles. The second-order valence-corrected chi connectivity index (χ2v) is 9.43. The van der Waals surface area contributed by atoms with E-state index in [4.69, 9.17) is 0 Å². The molecule has 3 rings (SSSR count). The van der Waals surface area contributed by atoms with Crippen molar-refractivity contribution >= 4 is 19.2 Å². The van der Waals surface area contributed by atoms with Gasteiger partial charge in [0, 0.05) is 0 Å². The molecule has 0 aliphatic heterocycles. The molecule has 1 heteroatoms. The highest BCUT2D eigenvalue weighted by Crippen LogP contribution is 2.23. The van der Waals surface area contributed by atoms with Crippen molar-refractivity contribution in [2.45, 2.75) is 25.8 Å². The van der Waals surface area contributed by atoms with Crippen molar-refractivity contribution < 1.29 is 0 Å². The zero-order chi connectivity index (χ0) is 16.1. The molecule has 0 nitrogen and oxygen atoms in total. The molecule has 3 aromatic rings. The lowest BCUT2D eigenvalue weighted by Crippen LogP contribution is -2.46. The highest BCUT2D eigenvalue weighted by atomic mass is 28.3. The van der Waals surface area contributed by atoms with Gasteiger partial charge in [-0.3, -0.25) is 0 Å². The predicted molar refractivity (Wildman–Crippen MR) is 104 cm³/mol. The first-order chi connectivity index (χ1) is 11.3. The summed E-state index contributed by atoms with van der Waals surface area (Å²) in [5, 5.41) is 3.05. The van der Waals surface area contributed by atoms with Crippen LogP contribution < -0.4 is 10.4 Å². The van der Waals surface area contributed by atoms with Gasteiger partial charge in [0.2, 0.25) is 0 Å². The Morgan fingerprint density at radius 1 is 0.696 bits per heavy atom. The van der Waals surface area contributed by atoms with Crippen molar-refractivity contribution in [1.82, 2.24) is 0 Å². The quantitative estimate of drug-likeness (QED) is 0.626. The molecule has 0 fully saturated rings. The number of rotatable bonds is 5. The maximum atomic E-state index is 2.42. The molecule has 0 amide bonds. The molecule has 0 aromatic heterocycles. The summed E-state index contributed by atoms with van der Waals surface area (Å²) in [5.74, 6) is 0. The SMILES string of the molecule is CCc1ccccc1[C@@H](C)[SiH](c1ccccc1)c1ccccc1. The lowest BCUT2D eigenvalue weighted by Gasteiger charge is -2.26. The van der Waals surface area contributed by atoms with Crippen LogP contribution in [0.1, 0.15) is 30.5 Å². The maximum absolute atomic E-state index is 2.42. The van der Waals surface area contributed by atoms with Crippen LogP contribution in [-0.2, 0) is 6.42 Å². The van der Waals surface area contributed by atoms with Gasteiger partial charge in [-0.15, -0.1) is 0 Å². The van der Waals surface area contributed by atoms with Crippen molar-refractivity contribution in [2.24, 2.45) is 0 Å². The van der Waals surface area contributed by atoms with Gasteiger partial charge in [0.1, 0.15) is 8.80 Å². The van der Waals surface area contributed by atoms with Crippen molar-refractivity contribution in [3.05, 3.63) is 96.1 Å². The van der Waals surface area contributed by atoms with Crippen LogP contribution in [0, 0.1) is 0 Å². The lowest BCUT2D eigenvalue weighted by molar-refractivity contribution is 0.993. The standard InChI is InChI=1S/C22H24Si/c1-3-19-12-10-11-17-22(19)18(2)23(20-13-6-4-7-14-20)21-15-8-5-9-16-21/h4-18,23H,3H2,1-2H3/t18-/m1/s1. The van der Waals surface area contributed by atoms with Gasteiger partial charge in [-0.05, 0) is 23.1 Å². The first-order valence-electron chi connectivity index (χ1n) is 8.49. The van der Waals surface area contributed by atoms with Gasteiger partial charge in [-0.2, -0.15) is 0 Å². The second-order valence-electron chi connectivity index (χ2n) is 6.14. The Morgan fingerprint density at radius 3 is 1.70 bits per heavy atom. The number of benzene rings is 3. The van der Waals surface area contributed by atoms with Crippen molar-refractivity contribution in [1.29, 1.82) is 0 Å². The highest BCUT2D eigenvalue weighted by Gasteiger charge is 2.25. The fourth-order valence-electron chi connectivity index (χ4n) is 3.57. The number of aryl methyl sites for hydroxylation is 1. The highest BCUT2D eigenvalue weighted by molar-refractivity contribution is 6.86.